The zero-order valence-corrected chi connectivity index (χ0v) is 20.2. The molecule has 3 heterocycles. The summed E-state index contributed by atoms with van der Waals surface area (Å²) >= 11 is 0. The van der Waals surface area contributed by atoms with Crippen molar-refractivity contribution in [3.8, 4) is 0 Å². The van der Waals surface area contributed by atoms with Crippen LogP contribution >= 0.6 is 29.8 Å². The van der Waals surface area contributed by atoms with Crippen LogP contribution in [0.25, 0.3) is 0 Å². The van der Waals surface area contributed by atoms with E-state index in [1.807, 2.05) is 30.3 Å². The van der Waals surface area contributed by atoms with Gasteiger partial charge in [-0.15, -0.1) is 4.52 Å². The van der Waals surface area contributed by atoms with E-state index in [4.69, 9.17) is 18.5 Å². The molecule has 2 aromatic rings. The lowest BCUT2D eigenvalue weighted by Gasteiger charge is -2.29. The molecule has 2 fully saturated rings. The summed E-state index contributed by atoms with van der Waals surface area (Å²) in [6.45, 7) is 0.306. The van der Waals surface area contributed by atoms with Gasteiger partial charge in [-0.05, 0) is 18.4 Å². The Bertz CT molecular complexity index is 1020. The molecule has 0 spiro atoms. The predicted molar refractivity (Wildman–Crippen MR) is 127 cm³/mol. The van der Waals surface area contributed by atoms with Crippen molar-refractivity contribution in [3.63, 3.8) is 0 Å². The third-order valence-corrected chi connectivity index (χ3v) is 8.66. The van der Waals surface area contributed by atoms with E-state index in [1.165, 1.54) is 16.8 Å². The first-order valence-corrected chi connectivity index (χ1v) is 14.5. The topological polar surface area (TPSA) is 132 Å². The van der Waals surface area contributed by atoms with Gasteiger partial charge in [-0.3, -0.25) is 14.3 Å². The average Bonchev–Trinajstić information content (AvgIpc) is 3.26. The lowest BCUT2D eigenvalue weighted by Crippen LogP contribution is -2.38. The summed E-state index contributed by atoms with van der Waals surface area (Å²) in [5.41, 5.74) is -0.0103. The van der Waals surface area contributed by atoms with Crippen molar-refractivity contribution >= 4 is 29.8 Å². The van der Waals surface area contributed by atoms with Gasteiger partial charge in [-0.1, -0.05) is 51.9 Å². The van der Waals surface area contributed by atoms with Gasteiger partial charge in [-0.2, -0.15) is 14.3 Å². The highest BCUT2D eigenvalue weighted by atomic mass is 33.1. The summed E-state index contributed by atoms with van der Waals surface area (Å²) in [5, 5.41) is 0. The summed E-state index contributed by atoms with van der Waals surface area (Å²) in [7, 11) is -0.869. The Balaban J connectivity index is 1.27. The number of H-pyrrole nitrogens is 1. The molecule has 180 valence electrons. The van der Waals surface area contributed by atoms with E-state index in [1.54, 1.807) is 21.6 Å². The minimum atomic E-state index is -4.10. The van der Waals surface area contributed by atoms with E-state index in [9.17, 15) is 19.4 Å². The molecule has 0 bridgehead atoms. The Morgan fingerprint density at radius 2 is 1.85 bits per heavy atom. The minimum absolute atomic E-state index is 0.0977. The number of aromatic amines is 1. The summed E-state index contributed by atoms with van der Waals surface area (Å²) in [4.78, 5) is 46.1. The highest BCUT2D eigenvalue weighted by Gasteiger charge is 2.47. The van der Waals surface area contributed by atoms with Gasteiger partial charge in [0, 0.05) is 23.8 Å². The van der Waals surface area contributed by atoms with Crippen LogP contribution in [0, 0.1) is 0 Å². The van der Waals surface area contributed by atoms with Crippen LogP contribution in [0.15, 0.2) is 52.2 Å². The van der Waals surface area contributed by atoms with Gasteiger partial charge < -0.3 is 9.47 Å². The molecule has 2 aliphatic rings. The van der Waals surface area contributed by atoms with Gasteiger partial charge in [0.25, 0.3) is 5.56 Å². The van der Waals surface area contributed by atoms with Crippen LogP contribution in [0.3, 0.4) is 0 Å². The van der Waals surface area contributed by atoms with Crippen molar-refractivity contribution in [3.05, 3.63) is 69.0 Å². The highest BCUT2D eigenvalue weighted by Crippen LogP contribution is 2.55. The molecule has 0 radical (unpaired) electrons. The van der Waals surface area contributed by atoms with E-state index >= 15 is 0 Å². The van der Waals surface area contributed by atoms with Crippen LogP contribution in [0.2, 0.25) is 0 Å². The number of hydrogen-bond donors (Lipinski definition) is 3. The fourth-order valence-electron chi connectivity index (χ4n) is 3.53. The molecule has 10 nitrogen and oxygen atoms in total. The largest absolute Gasteiger partial charge is 0.570 e. The maximum Gasteiger partial charge on any atom is 0.570 e. The molecule has 13 heteroatoms. The van der Waals surface area contributed by atoms with Crippen molar-refractivity contribution in [2.24, 2.45) is 0 Å². The Kier molecular flexibility index (Phi) is 8.66. The molecule has 1 aromatic heterocycles. The quantitative estimate of drug-likeness (QED) is 0.336. The van der Waals surface area contributed by atoms with Crippen LogP contribution in [0.5, 0.6) is 0 Å². The van der Waals surface area contributed by atoms with E-state index in [0.717, 1.165) is 5.56 Å². The summed E-state index contributed by atoms with van der Waals surface area (Å²) in [5.74, 6) is 1.19. The highest BCUT2D eigenvalue weighted by molar-refractivity contribution is 8.76. The van der Waals surface area contributed by atoms with Gasteiger partial charge in [0.1, 0.15) is 18.9 Å². The number of hydrogen-bond acceptors (Lipinski definition) is 10. The Labute approximate surface area is 198 Å². The predicted octanol–water partition coefficient (Wildman–Crippen LogP) is 2.26. The van der Waals surface area contributed by atoms with Crippen molar-refractivity contribution < 1.29 is 28.3 Å². The second kappa shape index (κ2) is 11.5. The van der Waals surface area contributed by atoms with Crippen molar-refractivity contribution in [1.29, 1.82) is 0 Å². The van der Waals surface area contributed by atoms with Crippen LogP contribution < -0.4 is 11.2 Å². The fraction of sp³-hybridized carbons (Fsp3) is 0.500. The molecule has 0 saturated carbocycles. The van der Waals surface area contributed by atoms with Crippen LogP contribution in [0.1, 0.15) is 24.6 Å². The van der Waals surface area contributed by atoms with Crippen molar-refractivity contribution in [2.75, 3.05) is 18.1 Å². The molecule has 1 aromatic carbocycles. The Morgan fingerprint density at radius 3 is 2.61 bits per heavy atom. The number of nitrogens with one attached hydrogen (secondary N) is 1. The smallest absolute Gasteiger partial charge is 0.370 e. The summed E-state index contributed by atoms with van der Waals surface area (Å²) < 4.78 is 24.0. The zero-order valence-electron chi connectivity index (χ0n) is 17.6. The minimum Gasteiger partial charge on any atom is -0.370 e. The van der Waals surface area contributed by atoms with Crippen LogP contribution in [-0.4, -0.2) is 55.8 Å². The standard InChI is InChI=1S/C20H25N2O8PS2/c23-18-8-9-22(20(24)21-18)19-7-6-15(29-19)11-28-31(25,26)30-17-13-33-32-12-16(17)27-10-14-4-2-1-3-5-14/h1-5,8-9,15-17,19,25-26H,6-7,10-13H2/p+1. The maximum atomic E-state index is 11.9. The van der Waals surface area contributed by atoms with E-state index in [-0.39, 0.29) is 12.7 Å². The number of rotatable bonds is 9. The molecule has 4 atom stereocenters. The molecular formula is C20H26N2O8PS2+. The summed E-state index contributed by atoms with van der Waals surface area (Å²) in [6, 6.07) is 11.0. The van der Waals surface area contributed by atoms with E-state index in [0.29, 0.717) is 31.0 Å². The second-order valence-corrected chi connectivity index (χ2v) is 11.6. The second-order valence-electron chi connectivity index (χ2n) is 7.64. The lowest BCUT2D eigenvalue weighted by molar-refractivity contribution is -0.0494. The molecule has 0 amide bonds. The van der Waals surface area contributed by atoms with Crippen molar-refractivity contribution in [1.82, 2.24) is 9.55 Å². The molecule has 2 saturated heterocycles. The molecular weight excluding hydrogens is 491 g/mol. The maximum absolute atomic E-state index is 11.9. The Morgan fingerprint density at radius 1 is 1.09 bits per heavy atom. The fourth-order valence-corrected chi connectivity index (χ4v) is 7.05. The molecule has 33 heavy (non-hydrogen) atoms. The average molecular weight is 518 g/mol. The molecule has 0 aliphatic carbocycles. The van der Waals surface area contributed by atoms with Crippen LogP contribution in [0.4, 0.5) is 0 Å². The molecule has 2 aliphatic heterocycles. The molecule has 4 unspecified atom stereocenters. The number of benzene rings is 1. The normalized spacial score (nSPS) is 25.9. The molecule has 3 N–H and O–H groups in total. The SMILES string of the molecule is O=c1ccn(C2CCC(CO[P+](O)(O)OC3CSSCC3OCc3ccccc3)O2)c(=O)[nH]1. The third kappa shape index (κ3) is 7.14. The van der Waals surface area contributed by atoms with E-state index in [2.05, 4.69) is 4.98 Å². The van der Waals surface area contributed by atoms with Crippen LogP contribution in [-0.2, 0) is 25.1 Å². The van der Waals surface area contributed by atoms with Crippen molar-refractivity contribution in [2.45, 2.75) is 44.0 Å². The first-order chi connectivity index (χ1) is 15.9. The first kappa shape index (κ1) is 24.9. The number of ether oxygens (including phenoxy) is 2. The first-order valence-electron chi connectivity index (χ1n) is 10.4. The van der Waals surface area contributed by atoms with Gasteiger partial charge >= 0.3 is 13.9 Å². The number of nitrogens with zero attached hydrogens (tertiary/aromatic N) is 1. The zero-order chi connectivity index (χ0) is 23.3. The van der Waals surface area contributed by atoms with Gasteiger partial charge in [0.05, 0.1) is 18.8 Å². The third-order valence-electron chi connectivity index (χ3n) is 5.22. The lowest BCUT2D eigenvalue weighted by atomic mass is 10.2. The molecule has 4 rings (SSSR count). The number of aromatic nitrogens is 2. The summed E-state index contributed by atoms with van der Waals surface area (Å²) in [6.07, 6.45) is 0.610. The van der Waals surface area contributed by atoms with Gasteiger partial charge in [-0.25, -0.2) is 4.79 Å². The van der Waals surface area contributed by atoms with Gasteiger partial charge in [0.2, 0.25) is 0 Å². The van der Waals surface area contributed by atoms with E-state index < -0.39 is 37.9 Å². The van der Waals surface area contributed by atoms with Gasteiger partial charge in [0.15, 0.2) is 0 Å². The monoisotopic (exact) mass is 517 g/mol. The Hall–Kier alpha value is -1.21.